The number of hydrogen-bond donors (Lipinski definition) is 1. The second-order valence-corrected chi connectivity index (χ2v) is 2.29. The first-order chi connectivity index (χ1) is 5.60. The van der Waals surface area contributed by atoms with E-state index in [0.29, 0.717) is 0 Å². The van der Waals surface area contributed by atoms with Gasteiger partial charge < -0.3 is 5.11 Å². The lowest BCUT2D eigenvalue weighted by Crippen LogP contribution is -2.43. The van der Waals surface area contributed by atoms with Crippen LogP contribution in [0.15, 0.2) is 12.7 Å². The van der Waals surface area contributed by atoms with Gasteiger partial charge in [-0.3, -0.25) is 0 Å². The maximum Gasteiger partial charge on any atom is 0.403 e. The van der Waals surface area contributed by atoms with Crippen LogP contribution in [0.4, 0.5) is 26.3 Å². The van der Waals surface area contributed by atoms with Gasteiger partial charge in [0.1, 0.15) is 0 Å². The fraction of sp³-hybridized carbons (Fsp3) is 0.667. The Morgan fingerprint density at radius 1 is 1.00 bits per heavy atom. The van der Waals surface area contributed by atoms with E-state index >= 15 is 0 Å². The molecule has 0 saturated carbocycles. The van der Waals surface area contributed by atoms with E-state index in [1.807, 2.05) is 0 Å². The maximum atomic E-state index is 11.7. The molecule has 0 amide bonds. The summed E-state index contributed by atoms with van der Waals surface area (Å²) in [6.45, 7) is 2.66. The third-order valence-electron chi connectivity index (χ3n) is 1.29. The van der Waals surface area contributed by atoms with Crippen molar-refractivity contribution in [2.24, 2.45) is 5.92 Å². The highest BCUT2D eigenvalue weighted by Gasteiger charge is 2.59. The summed E-state index contributed by atoms with van der Waals surface area (Å²) in [7, 11) is 0. The highest BCUT2D eigenvalue weighted by atomic mass is 19.4. The third kappa shape index (κ3) is 3.25. The number of hydrogen-bond acceptors (Lipinski definition) is 1. The van der Waals surface area contributed by atoms with Gasteiger partial charge in [0.15, 0.2) is 5.92 Å². The number of aliphatic hydroxyl groups is 1. The molecule has 0 bridgehead atoms. The molecule has 13 heavy (non-hydrogen) atoms. The van der Waals surface area contributed by atoms with Crippen molar-refractivity contribution < 1.29 is 31.4 Å². The molecule has 1 N–H and O–H groups in total. The van der Waals surface area contributed by atoms with Crippen LogP contribution in [0.1, 0.15) is 0 Å². The third-order valence-corrected chi connectivity index (χ3v) is 1.29. The van der Waals surface area contributed by atoms with Crippen LogP contribution in [0.25, 0.3) is 0 Å². The van der Waals surface area contributed by atoms with E-state index in [0.717, 1.165) is 0 Å². The molecule has 0 aliphatic rings. The Morgan fingerprint density at radius 3 is 1.38 bits per heavy atom. The Balaban J connectivity index is 4.88. The average Bonchev–Trinajstić information content (AvgIpc) is 1.80. The topological polar surface area (TPSA) is 20.2 Å². The monoisotopic (exact) mass is 208 g/mol. The summed E-state index contributed by atoms with van der Waals surface area (Å²) in [6.07, 6.45) is -13.5. The van der Waals surface area contributed by atoms with Crippen molar-refractivity contribution in [3.05, 3.63) is 12.7 Å². The van der Waals surface area contributed by atoms with E-state index in [1.165, 1.54) is 0 Å². The summed E-state index contributed by atoms with van der Waals surface area (Å²) < 4.78 is 70.4. The van der Waals surface area contributed by atoms with Crippen LogP contribution in [0.2, 0.25) is 0 Å². The quantitative estimate of drug-likeness (QED) is 0.545. The molecule has 0 aromatic heterocycles. The molecule has 0 aliphatic carbocycles. The molecule has 0 saturated heterocycles. The summed E-state index contributed by atoms with van der Waals surface area (Å²) in [4.78, 5) is 0. The van der Waals surface area contributed by atoms with Gasteiger partial charge in [-0.1, -0.05) is 6.08 Å². The fourth-order valence-electron chi connectivity index (χ4n) is 0.709. The molecule has 1 nitrogen and oxygen atoms in total. The highest BCUT2D eigenvalue weighted by molar-refractivity contribution is 4.91. The number of aliphatic hydroxyl groups excluding tert-OH is 1. The number of alkyl halides is 6. The predicted molar refractivity (Wildman–Crippen MR) is 31.8 cm³/mol. The minimum Gasteiger partial charge on any atom is -0.388 e. The molecule has 1 atom stereocenters. The SMILES string of the molecule is C=CC(O)C(C(F)(F)F)C(F)(F)F. The second kappa shape index (κ2) is 3.57. The number of rotatable bonds is 2. The van der Waals surface area contributed by atoms with E-state index in [1.54, 1.807) is 0 Å². The lowest BCUT2D eigenvalue weighted by molar-refractivity contribution is -0.300. The van der Waals surface area contributed by atoms with Crippen LogP contribution < -0.4 is 0 Å². The average molecular weight is 208 g/mol. The standard InChI is InChI=1S/C6H6F6O/c1-2-3(13)4(5(7,8)9)6(10,11)12/h2-4,13H,1H2. The summed E-state index contributed by atoms with van der Waals surface area (Å²) in [5, 5.41) is 8.43. The molecule has 0 aromatic carbocycles. The number of halogens is 6. The van der Waals surface area contributed by atoms with Crippen molar-refractivity contribution >= 4 is 0 Å². The van der Waals surface area contributed by atoms with Gasteiger partial charge in [0, 0.05) is 0 Å². The molecule has 1 unspecified atom stereocenters. The minimum atomic E-state index is -5.52. The van der Waals surface area contributed by atoms with Crippen LogP contribution in [-0.2, 0) is 0 Å². The molecule has 0 fully saturated rings. The first-order valence-electron chi connectivity index (χ1n) is 3.04. The van der Waals surface area contributed by atoms with Crippen LogP contribution >= 0.6 is 0 Å². The zero-order valence-corrected chi connectivity index (χ0v) is 6.15. The van der Waals surface area contributed by atoms with Gasteiger partial charge >= 0.3 is 12.4 Å². The van der Waals surface area contributed by atoms with Crippen molar-refractivity contribution in [2.45, 2.75) is 18.5 Å². The van der Waals surface area contributed by atoms with Crippen LogP contribution in [-0.4, -0.2) is 23.6 Å². The Kier molecular flexibility index (Phi) is 3.37. The lowest BCUT2D eigenvalue weighted by Gasteiger charge is -2.25. The fourth-order valence-corrected chi connectivity index (χ4v) is 0.709. The van der Waals surface area contributed by atoms with Crippen molar-refractivity contribution in [2.75, 3.05) is 0 Å². The van der Waals surface area contributed by atoms with Gasteiger partial charge in [-0.05, 0) is 0 Å². The molecular formula is C6H6F6O. The smallest absolute Gasteiger partial charge is 0.388 e. The maximum absolute atomic E-state index is 11.7. The van der Waals surface area contributed by atoms with E-state index < -0.39 is 24.4 Å². The van der Waals surface area contributed by atoms with Crippen molar-refractivity contribution in [1.29, 1.82) is 0 Å². The van der Waals surface area contributed by atoms with Crippen molar-refractivity contribution in [3.8, 4) is 0 Å². The molecule has 0 radical (unpaired) electrons. The molecule has 0 heterocycles. The Labute approximate surface area is 69.7 Å². The van der Waals surface area contributed by atoms with Gasteiger partial charge in [-0.15, -0.1) is 6.58 Å². The first-order valence-corrected chi connectivity index (χ1v) is 3.04. The van der Waals surface area contributed by atoms with Crippen LogP contribution in [0.3, 0.4) is 0 Å². The van der Waals surface area contributed by atoms with Gasteiger partial charge in [-0.25, -0.2) is 0 Å². The summed E-state index contributed by atoms with van der Waals surface area (Å²) in [5.74, 6) is -3.77. The van der Waals surface area contributed by atoms with Crippen LogP contribution in [0.5, 0.6) is 0 Å². The predicted octanol–water partition coefficient (Wildman–Crippen LogP) is 2.27. The summed E-state index contributed by atoms with van der Waals surface area (Å²) in [5.41, 5.74) is 0. The highest BCUT2D eigenvalue weighted by Crippen LogP contribution is 2.41. The normalized spacial score (nSPS) is 16.0. The molecule has 0 aromatic rings. The summed E-state index contributed by atoms with van der Waals surface area (Å²) >= 11 is 0. The minimum absolute atomic E-state index is 0.200. The Bertz CT molecular complexity index is 167. The molecule has 7 heteroatoms. The van der Waals surface area contributed by atoms with E-state index in [9.17, 15) is 26.3 Å². The lowest BCUT2D eigenvalue weighted by atomic mass is 10.0. The Hall–Kier alpha value is -0.720. The zero-order chi connectivity index (χ0) is 10.9. The van der Waals surface area contributed by atoms with E-state index in [-0.39, 0.29) is 6.08 Å². The molecule has 0 spiro atoms. The van der Waals surface area contributed by atoms with Gasteiger partial charge in [0.05, 0.1) is 6.10 Å². The first kappa shape index (κ1) is 12.3. The zero-order valence-electron chi connectivity index (χ0n) is 6.15. The largest absolute Gasteiger partial charge is 0.403 e. The van der Waals surface area contributed by atoms with Gasteiger partial charge in [0.2, 0.25) is 0 Å². The van der Waals surface area contributed by atoms with E-state index in [2.05, 4.69) is 6.58 Å². The van der Waals surface area contributed by atoms with Gasteiger partial charge in [0.25, 0.3) is 0 Å². The van der Waals surface area contributed by atoms with Gasteiger partial charge in [-0.2, -0.15) is 26.3 Å². The molecule has 0 rings (SSSR count). The van der Waals surface area contributed by atoms with Crippen molar-refractivity contribution in [1.82, 2.24) is 0 Å². The molecular weight excluding hydrogens is 202 g/mol. The second-order valence-electron chi connectivity index (χ2n) is 2.29. The van der Waals surface area contributed by atoms with Crippen LogP contribution in [0, 0.1) is 5.92 Å². The molecule has 78 valence electrons. The van der Waals surface area contributed by atoms with E-state index in [4.69, 9.17) is 5.11 Å². The Morgan fingerprint density at radius 2 is 1.31 bits per heavy atom. The summed E-state index contributed by atoms with van der Waals surface area (Å²) in [6, 6.07) is 0. The molecule has 0 aliphatic heterocycles. The van der Waals surface area contributed by atoms with Crippen molar-refractivity contribution in [3.63, 3.8) is 0 Å².